The van der Waals surface area contributed by atoms with Crippen LogP contribution in [0.5, 0.6) is 0 Å². The molecule has 0 aromatic heterocycles. The van der Waals surface area contributed by atoms with E-state index < -0.39 is 5.92 Å². The van der Waals surface area contributed by atoms with Gasteiger partial charge in [0, 0.05) is 44.6 Å². The molecule has 2 amide bonds. The van der Waals surface area contributed by atoms with Gasteiger partial charge in [-0.3, -0.25) is 4.72 Å². The quantitative estimate of drug-likeness (QED) is 0.266. The van der Waals surface area contributed by atoms with E-state index in [1.807, 2.05) is 0 Å². The number of amides is 2. The van der Waals surface area contributed by atoms with Crippen molar-refractivity contribution in [2.45, 2.75) is 116 Å². The predicted octanol–water partition coefficient (Wildman–Crippen LogP) is 6.23. The smallest absolute Gasteiger partial charge is 0.325 e. The summed E-state index contributed by atoms with van der Waals surface area (Å²) in [5.41, 5.74) is 0.435. The van der Waals surface area contributed by atoms with Crippen LogP contribution >= 0.6 is 12.1 Å². The maximum atomic E-state index is 13.4. The van der Waals surface area contributed by atoms with Gasteiger partial charge in [0.2, 0.25) is 0 Å². The number of halogens is 2. The van der Waals surface area contributed by atoms with Crippen LogP contribution in [0.2, 0.25) is 0 Å². The van der Waals surface area contributed by atoms with E-state index in [0.717, 1.165) is 44.2 Å². The predicted molar refractivity (Wildman–Crippen MR) is 155 cm³/mol. The molecule has 9 heteroatoms. The van der Waals surface area contributed by atoms with Crippen LogP contribution in [-0.4, -0.2) is 58.3 Å². The molecule has 0 spiro atoms. The highest BCUT2D eigenvalue weighted by molar-refractivity contribution is 7.95. The number of urea groups is 1. The molecule has 5 rings (SSSR count). The Morgan fingerprint density at radius 1 is 1.00 bits per heavy atom. The van der Waals surface area contributed by atoms with Crippen LogP contribution in [0.4, 0.5) is 13.6 Å². The fourth-order valence-electron chi connectivity index (χ4n) is 10.6. The van der Waals surface area contributed by atoms with Gasteiger partial charge in [-0.05, 0) is 104 Å². The number of fused-ring (bicyclic) bond motifs is 5. The van der Waals surface area contributed by atoms with E-state index in [-0.39, 0.29) is 60.9 Å². The number of alkyl halides is 2. The van der Waals surface area contributed by atoms with Gasteiger partial charge in [-0.15, -0.1) is 0 Å². The summed E-state index contributed by atoms with van der Waals surface area (Å²) >= 11 is 1.13. The zero-order valence-electron chi connectivity index (χ0n) is 25.0. The van der Waals surface area contributed by atoms with Crippen LogP contribution in [0.15, 0.2) is 0 Å². The van der Waals surface area contributed by atoms with Crippen LogP contribution < -0.4 is 10.0 Å². The van der Waals surface area contributed by atoms with Crippen molar-refractivity contribution in [1.82, 2.24) is 14.3 Å². The lowest BCUT2D eigenvalue weighted by Gasteiger charge is -2.64. The number of rotatable bonds is 7. The summed E-state index contributed by atoms with van der Waals surface area (Å²) in [4.78, 5) is 12.4. The van der Waals surface area contributed by atoms with E-state index in [4.69, 9.17) is 0 Å². The highest BCUT2D eigenvalue weighted by atomic mass is 32.2. The second-order valence-electron chi connectivity index (χ2n) is 14.6. The molecule has 4 saturated carbocycles. The Morgan fingerprint density at radius 2 is 1.68 bits per heavy atom. The Hall–Kier alpha value is -0.640. The molecule has 4 aliphatic carbocycles. The van der Waals surface area contributed by atoms with Crippen molar-refractivity contribution in [3.8, 4) is 0 Å². The molecule has 11 atom stereocenters. The zero-order valence-corrected chi connectivity index (χ0v) is 25.8. The number of piperidine rings is 1. The number of aliphatic hydroxyl groups excluding tert-OH is 2. The van der Waals surface area contributed by atoms with Crippen molar-refractivity contribution < 1.29 is 23.8 Å². The number of carbonyl (C=O) groups excluding carboxylic acids is 1. The maximum absolute atomic E-state index is 13.4. The minimum atomic E-state index is -2.59. The minimum Gasteiger partial charge on any atom is -0.393 e. The van der Waals surface area contributed by atoms with Gasteiger partial charge in [-0.1, -0.05) is 34.1 Å². The second kappa shape index (κ2) is 11.8. The number of carbonyl (C=O) groups is 1. The van der Waals surface area contributed by atoms with Crippen molar-refractivity contribution in [1.29, 1.82) is 0 Å². The number of aliphatic hydroxyl groups is 2. The molecule has 0 radical (unpaired) electrons. The van der Waals surface area contributed by atoms with Crippen LogP contribution in [0.25, 0.3) is 0 Å². The Bertz CT molecular complexity index is 903. The summed E-state index contributed by atoms with van der Waals surface area (Å²) in [6, 6.07) is -0.262. The number of hydrogen-bond donors (Lipinski definition) is 4. The van der Waals surface area contributed by atoms with Gasteiger partial charge in [-0.25, -0.2) is 17.9 Å². The van der Waals surface area contributed by atoms with Gasteiger partial charge in [0.15, 0.2) is 0 Å². The monoisotopic (exact) mass is 585 g/mol. The average Bonchev–Trinajstić information content (AvgIpc) is 3.26. The Balaban J connectivity index is 1.16. The second-order valence-corrected chi connectivity index (χ2v) is 15.5. The first-order valence-electron chi connectivity index (χ1n) is 16.1. The van der Waals surface area contributed by atoms with Gasteiger partial charge in [0.05, 0.1) is 12.2 Å². The van der Waals surface area contributed by atoms with E-state index in [2.05, 4.69) is 37.7 Å². The Kier molecular flexibility index (Phi) is 9.09. The van der Waals surface area contributed by atoms with Crippen LogP contribution in [-0.2, 0) is 0 Å². The van der Waals surface area contributed by atoms with Gasteiger partial charge in [-0.2, -0.15) is 0 Å². The van der Waals surface area contributed by atoms with Crippen molar-refractivity contribution in [2.24, 2.45) is 52.3 Å². The topological polar surface area (TPSA) is 84.8 Å². The van der Waals surface area contributed by atoms with Crippen molar-refractivity contribution >= 4 is 18.2 Å². The lowest BCUT2D eigenvalue weighted by molar-refractivity contribution is -0.203. The molecule has 6 nitrogen and oxygen atoms in total. The zero-order chi connectivity index (χ0) is 28.9. The normalized spacial score (nSPS) is 45.6. The van der Waals surface area contributed by atoms with E-state index in [9.17, 15) is 23.8 Å². The largest absolute Gasteiger partial charge is 0.393 e. The number of hydrogen-bond acceptors (Lipinski definition) is 5. The van der Waals surface area contributed by atoms with Crippen molar-refractivity contribution in [2.75, 3.05) is 19.6 Å². The third-order valence-electron chi connectivity index (χ3n) is 12.8. The van der Waals surface area contributed by atoms with Gasteiger partial charge < -0.3 is 15.5 Å². The fraction of sp³-hybridized carbons (Fsp3) is 0.968. The highest BCUT2D eigenvalue weighted by Crippen LogP contribution is 2.69. The van der Waals surface area contributed by atoms with Crippen LogP contribution in [0.1, 0.15) is 98.3 Å². The molecule has 4 N–H and O–H groups in total. The van der Waals surface area contributed by atoms with E-state index in [1.165, 1.54) is 25.7 Å². The minimum absolute atomic E-state index is 0.164. The molecule has 0 bridgehead atoms. The summed E-state index contributed by atoms with van der Waals surface area (Å²) < 4.78 is 31.2. The highest BCUT2D eigenvalue weighted by Gasteiger charge is 2.64. The summed E-state index contributed by atoms with van der Waals surface area (Å²) in [6.07, 6.45) is 8.68. The summed E-state index contributed by atoms with van der Waals surface area (Å²) in [5, 5.41) is 25.4. The molecule has 0 unspecified atom stereocenters. The van der Waals surface area contributed by atoms with E-state index >= 15 is 0 Å². The number of nitrogens with one attached hydrogen (secondary N) is 2. The van der Waals surface area contributed by atoms with Gasteiger partial charge >= 0.3 is 6.03 Å². The SMILES string of the molecule is CC[C@H]1[C@@H](O)[C@@H]2[C@H](CC[C@]3(C)[C@@H]([C@H](C)CCNC(=O)NSN4CCC(F)(F)CC4)CC[C@@H]23)[C@@]2(C)CC[C@@H](O)C[C@@H]12. The molecule has 0 aromatic carbocycles. The van der Waals surface area contributed by atoms with Crippen molar-refractivity contribution in [3.63, 3.8) is 0 Å². The van der Waals surface area contributed by atoms with E-state index in [0.29, 0.717) is 42.1 Å². The maximum Gasteiger partial charge on any atom is 0.325 e. The average molecular weight is 586 g/mol. The summed E-state index contributed by atoms with van der Waals surface area (Å²) in [5.74, 6) is 0.607. The molecule has 1 heterocycles. The molecule has 0 aromatic rings. The fourth-order valence-corrected chi connectivity index (χ4v) is 11.2. The first kappa shape index (κ1) is 30.8. The van der Waals surface area contributed by atoms with Gasteiger partial charge in [0.1, 0.15) is 0 Å². The molecule has 1 aliphatic heterocycles. The molecule has 40 heavy (non-hydrogen) atoms. The van der Waals surface area contributed by atoms with Crippen LogP contribution in [0, 0.1) is 52.3 Å². The number of nitrogens with zero attached hydrogens (tertiary/aromatic N) is 1. The molecule has 5 aliphatic rings. The lowest BCUT2D eigenvalue weighted by atomic mass is 9.41. The molecule has 1 saturated heterocycles. The third kappa shape index (κ3) is 5.67. The first-order chi connectivity index (χ1) is 18.9. The van der Waals surface area contributed by atoms with Crippen molar-refractivity contribution in [3.05, 3.63) is 0 Å². The molecular weight excluding hydrogens is 532 g/mol. The summed E-state index contributed by atoms with van der Waals surface area (Å²) in [7, 11) is 0. The van der Waals surface area contributed by atoms with Crippen LogP contribution in [0.3, 0.4) is 0 Å². The third-order valence-corrected chi connectivity index (χ3v) is 13.7. The Labute approximate surface area is 244 Å². The standard InChI is InChI=1S/C31H53F2N3O3S/c1-5-21-25-18-20(37)8-11-30(25,4)24-9-12-29(3)22(6-7-23(29)26(24)27(21)38)19(2)10-15-34-28(39)35-40-36-16-13-31(32,33)14-17-36/h19-27,37-38H,5-18H2,1-4H3,(H2,34,35,39)/t19-,20-,21-,22-,23+,24+,25+,26+,27-,29-,30-/m1/s1. The van der Waals surface area contributed by atoms with Gasteiger partial charge in [0.25, 0.3) is 5.92 Å². The summed E-state index contributed by atoms with van der Waals surface area (Å²) in [6.45, 7) is 10.7. The molecular formula is C31H53F2N3O3S. The first-order valence-corrected chi connectivity index (χ1v) is 16.9. The lowest BCUT2D eigenvalue weighted by Crippen LogP contribution is -2.62. The molecule has 230 valence electrons. The Morgan fingerprint density at radius 3 is 2.38 bits per heavy atom. The van der Waals surface area contributed by atoms with E-state index in [1.54, 1.807) is 4.31 Å². The molecule has 5 fully saturated rings.